The minimum Gasteiger partial charge on any atom is -0.480 e. The number of ketones is 1. The third-order valence-corrected chi connectivity index (χ3v) is 6.66. The Labute approximate surface area is 248 Å². The maximum Gasteiger partial charge on any atom is 0.329 e. The van der Waals surface area contributed by atoms with E-state index in [1.165, 1.54) is 64.2 Å². The molecular formula is C32H59NO8. The standard InChI is InChI=1S/C32H59NO8/c1-5-6-7-8-9-10-11-12-13-14-15-16-17-18-28(34)25-27(31(38)41-32(2,3)4)19-20-29(35)33-21-22-39-23-24-40-26-30(36)37/h27H,5-26H2,1-4H3,(H,33,35)(H,36,37). The topological polar surface area (TPSA) is 128 Å². The molecule has 0 fully saturated rings. The number of carboxylic acid groups (broad SMARTS) is 1. The van der Waals surface area contributed by atoms with E-state index in [0.717, 1.165) is 19.3 Å². The summed E-state index contributed by atoms with van der Waals surface area (Å²) in [6, 6.07) is 0. The molecule has 0 bridgehead atoms. The van der Waals surface area contributed by atoms with Crippen LogP contribution in [-0.4, -0.2) is 67.3 Å². The van der Waals surface area contributed by atoms with Gasteiger partial charge in [-0.2, -0.15) is 0 Å². The van der Waals surface area contributed by atoms with Crippen molar-refractivity contribution in [2.75, 3.05) is 33.0 Å². The second-order valence-corrected chi connectivity index (χ2v) is 11.9. The fourth-order valence-corrected chi connectivity index (χ4v) is 4.44. The molecule has 1 unspecified atom stereocenters. The SMILES string of the molecule is CCCCCCCCCCCCCCCC(=O)CC(CCC(=O)NCCOCCOCC(=O)O)C(=O)OC(C)(C)C. The molecule has 0 aromatic heterocycles. The van der Waals surface area contributed by atoms with Crippen LogP contribution in [-0.2, 0) is 33.4 Å². The predicted molar refractivity (Wildman–Crippen MR) is 161 cm³/mol. The van der Waals surface area contributed by atoms with Crippen LogP contribution >= 0.6 is 0 Å². The molecule has 1 amide bonds. The van der Waals surface area contributed by atoms with Crippen molar-refractivity contribution in [3.8, 4) is 0 Å². The van der Waals surface area contributed by atoms with Crippen LogP contribution in [0.4, 0.5) is 0 Å². The number of unbranched alkanes of at least 4 members (excludes halogenated alkanes) is 12. The molecule has 0 spiro atoms. The summed E-state index contributed by atoms with van der Waals surface area (Å²) in [5.41, 5.74) is -0.665. The highest BCUT2D eigenvalue weighted by Gasteiger charge is 2.27. The summed E-state index contributed by atoms with van der Waals surface area (Å²) in [7, 11) is 0. The number of Topliss-reactive ketones (excluding diaryl/α,β-unsaturated/α-hetero) is 1. The molecule has 0 aromatic carbocycles. The number of rotatable bonds is 28. The lowest BCUT2D eigenvalue weighted by Gasteiger charge is -2.23. The summed E-state index contributed by atoms with van der Waals surface area (Å²) < 4.78 is 15.7. The molecule has 0 aliphatic carbocycles. The highest BCUT2D eigenvalue weighted by molar-refractivity contribution is 5.85. The van der Waals surface area contributed by atoms with Gasteiger partial charge in [0, 0.05) is 25.8 Å². The maximum absolute atomic E-state index is 12.7. The van der Waals surface area contributed by atoms with Crippen LogP contribution in [0.5, 0.6) is 0 Å². The second kappa shape index (κ2) is 25.7. The third-order valence-electron chi connectivity index (χ3n) is 6.66. The number of hydrogen-bond acceptors (Lipinski definition) is 7. The van der Waals surface area contributed by atoms with Gasteiger partial charge in [0.15, 0.2) is 0 Å². The molecule has 240 valence electrons. The molecule has 0 aliphatic heterocycles. The normalized spacial score (nSPS) is 12.2. The Hall–Kier alpha value is -2.00. The Morgan fingerprint density at radius 2 is 1.27 bits per heavy atom. The van der Waals surface area contributed by atoms with Gasteiger partial charge in [-0.1, -0.05) is 84.0 Å². The van der Waals surface area contributed by atoms with E-state index in [0.29, 0.717) is 6.42 Å². The zero-order valence-corrected chi connectivity index (χ0v) is 26.4. The van der Waals surface area contributed by atoms with Crippen molar-refractivity contribution in [2.45, 2.75) is 142 Å². The van der Waals surface area contributed by atoms with Crippen LogP contribution in [0, 0.1) is 5.92 Å². The lowest BCUT2D eigenvalue weighted by molar-refractivity contribution is -0.161. The number of amides is 1. The molecule has 0 aliphatic rings. The summed E-state index contributed by atoms with van der Waals surface area (Å²) in [5, 5.41) is 11.2. The van der Waals surface area contributed by atoms with Crippen LogP contribution in [0.15, 0.2) is 0 Å². The van der Waals surface area contributed by atoms with Crippen molar-refractivity contribution in [3.05, 3.63) is 0 Å². The smallest absolute Gasteiger partial charge is 0.329 e. The van der Waals surface area contributed by atoms with E-state index in [1.54, 1.807) is 20.8 Å². The summed E-state index contributed by atoms with van der Waals surface area (Å²) >= 11 is 0. The zero-order valence-electron chi connectivity index (χ0n) is 26.4. The number of aliphatic carboxylic acids is 1. The van der Waals surface area contributed by atoms with E-state index in [-0.39, 0.29) is 63.9 Å². The van der Waals surface area contributed by atoms with Crippen LogP contribution in [0.3, 0.4) is 0 Å². The van der Waals surface area contributed by atoms with E-state index < -0.39 is 23.5 Å². The van der Waals surface area contributed by atoms with Crippen molar-refractivity contribution in [1.29, 1.82) is 0 Å². The van der Waals surface area contributed by atoms with Gasteiger partial charge in [0.1, 0.15) is 18.0 Å². The van der Waals surface area contributed by atoms with Crippen molar-refractivity contribution in [2.24, 2.45) is 5.92 Å². The summed E-state index contributed by atoms with van der Waals surface area (Å²) in [4.78, 5) is 48.0. The molecule has 0 heterocycles. The molecule has 2 N–H and O–H groups in total. The van der Waals surface area contributed by atoms with Gasteiger partial charge < -0.3 is 24.6 Å². The number of carboxylic acids is 1. The number of esters is 1. The van der Waals surface area contributed by atoms with Crippen LogP contribution < -0.4 is 5.32 Å². The quantitative estimate of drug-likeness (QED) is 0.0797. The lowest BCUT2D eigenvalue weighted by Crippen LogP contribution is -2.32. The predicted octanol–water partition coefficient (Wildman–Crippen LogP) is 6.40. The van der Waals surface area contributed by atoms with Gasteiger partial charge in [0.25, 0.3) is 0 Å². The van der Waals surface area contributed by atoms with Crippen LogP contribution in [0.25, 0.3) is 0 Å². The van der Waals surface area contributed by atoms with Gasteiger partial charge >= 0.3 is 11.9 Å². The Balaban J connectivity index is 4.17. The molecular weight excluding hydrogens is 526 g/mol. The van der Waals surface area contributed by atoms with Crippen LogP contribution in [0.1, 0.15) is 137 Å². The molecule has 9 nitrogen and oxygen atoms in total. The fraction of sp³-hybridized carbons (Fsp3) is 0.875. The summed E-state index contributed by atoms with van der Waals surface area (Å²) in [5.74, 6) is -2.30. The first-order valence-corrected chi connectivity index (χ1v) is 15.9. The zero-order chi connectivity index (χ0) is 30.8. The Morgan fingerprint density at radius 1 is 0.732 bits per heavy atom. The van der Waals surface area contributed by atoms with Crippen molar-refractivity contribution < 1.29 is 38.5 Å². The first-order chi connectivity index (χ1) is 19.5. The molecule has 41 heavy (non-hydrogen) atoms. The minimum absolute atomic E-state index is 0.0443. The fourth-order valence-electron chi connectivity index (χ4n) is 4.44. The molecule has 0 rings (SSSR count). The first-order valence-electron chi connectivity index (χ1n) is 15.9. The Morgan fingerprint density at radius 3 is 1.80 bits per heavy atom. The lowest BCUT2D eigenvalue weighted by atomic mass is 9.94. The van der Waals surface area contributed by atoms with Gasteiger partial charge in [-0.15, -0.1) is 0 Å². The van der Waals surface area contributed by atoms with Gasteiger partial charge in [0.2, 0.25) is 5.91 Å². The van der Waals surface area contributed by atoms with E-state index in [9.17, 15) is 19.2 Å². The molecule has 0 radical (unpaired) electrons. The van der Waals surface area contributed by atoms with Gasteiger partial charge in [-0.05, 0) is 33.6 Å². The Kier molecular flexibility index (Phi) is 24.4. The number of hydrogen-bond donors (Lipinski definition) is 2. The van der Waals surface area contributed by atoms with Gasteiger partial charge in [0.05, 0.1) is 25.7 Å². The number of carbonyl (C=O) groups is 4. The molecule has 9 heteroatoms. The average molecular weight is 586 g/mol. The van der Waals surface area contributed by atoms with Crippen LogP contribution in [0.2, 0.25) is 0 Å². The number of ether oxygens (including phenoxy) is 3. The highest BCUT2D eigenvalue weighted by Crippen LogP contribution is 2.20. The van der Waals surface area contributed by atoms with E-state index in [4.69, 9.17) is 19.3 Å². The van der Waals surface area contributed by atoms with E-state index in [2.05, 4.69) is 12.2 Å². The molecule has 0 saturated heterocycles. The third kappa shape index (κ3) is 27.9. The minimum atomic E-state index is -1.04. The van der Waals surface area contributed by atoms with Gasteiger partial charge in [-0.25, -0.2) is 4.79 Å². The Bertz CT molecular complexity index is 704. The number of carbonyl (C=O) groups excluding carboxylic acids is 3. The van der Waals surface area contributed by atoms with E-state index >= 15 is 0 Å². The summed E-state index contributed by atoms with van der Waals surface area (Å²) in [6.45, 7) is 8.17. The summed E-state index contributed by atoms with van der Waals surface area (Å²) in [6.07, 6.45) is 17.1. The molecule has 0 saturated carbocycles. The monoisotopic (exact) mass is 585 g/mol. The second-order valence-electron chi connectivity index (χ2n) is 11.9. The number of nitrogens with one attached hydrogen (secondary N) is 1. The first kappa shape index (κ1) is 39.0. The average Bonchev–Trinajstić information content (AvgIpc) is 2.89. The largest absolute Gasteiger partial charge is 0.480 e. The van der Waals surface area contributed by atoms with Gasteiger partial charge in [-0.3, -0.25) is 14.4 Å². The van der Waals surface area contributed by atoms with E-state index in [1.807, 2.05) is 0 Å². The molecule has 0 aromatic rings. The molecule has 1 atom stereocenters. The van der Waals surface area contributed by atoms with Crippen molar-refractivity contribution in [3.63, 3.8) is 0 Å². The van der Waals surface area contributed by atoms with Crippen molar-refractivity contribution >= 4 is 23.6 Å². The highest BCUT2D eigenvalue weighted by atomic mass is 16.6. The maximum atomic E-state index is 12.7. The van der Waals surface area contributed by atoms with Crippen molar-refractivity contribution in [1.82, 2.24) is 5.32 Å².